The van der Waals surface area contributed by atoms with E-state index in [1.165, 1.54) is 0 Å². The van der Waals surface area contributed by atoms with E-state index in [9.17, 15) is 13.2 Å². The van der Waals surface area contributed by atoms with Crippen LogP contribution in [0.25, 0.3) is 0 Å². The first-order valence-electron chi connectivity index (χ1n) is 10.0. The monoisotopic (exact) mass is 424 g/mol. The van der Waals surface area contributed by atoms with Gasteiger partial charge in [0.15, 0.2) is 15.8 Å². The quantitative estimate of drug-likeness (QED) is 0.403. The van der Waals surface area contributed by atoms with Crippen molar-refractivity contribution in [2.24, 2.45) is 4.99 Å². The maximum absolute atomic E-state index is 12.0. The molecule has 0 bridgehead atoms. The maximum atomic E-state index is 12.0. The van der Waals surface area contributed by atoms with Crippen molar-refractivity contribution in [3.05, 3.63) is 29.8 Å². The molecule has 1 aromatic rings. The molecule has 1 fully saturated rings. The molecule has 2 unspecified atom stereocenters. The number of aliphatic imine (C=N–C) groups is 1. The topological polar surface area (TPSA) is 109 Å². The van der Waals surface area contributed by atoms with Gasteiger partial charge >= 0.3 is 0 Å². The van der Waals surface area contributed by atoms with Crippen molar-refractivity contribution in [2.75, 3.05) is 31.1 Å². The minimum Gasteiger partial charge on any atom is -0.489 e. The van der Waals surface area contributed by atoms with Crippen LogP contribution in [-0.2, 0) is 14.6 Å². The second-order valence-electron chi connectivity index (χ2n) is 7.26. The van der Waals surface area contributed by atoms with E-state index in [-0.39, 0.29) is 36.0 Å². The minimum absolute atomic E-state index is 0.0368. The van der Waals surface area contributed by atoms with E-state index in [1.807, 2.05) is 45.0 Å². The molecule has 0 radical (unpaired) electrons. The fourth-order valence-electron chi connectivity index (χ4n) is 3.01. The summed E-state index contributed by atoms with van der Waals surface area (Å²) in [5.74, 6) is 1.49. The summed E-state index contributed by atoms with van der Waals surface area (Å²) in [5.41, 5.74) is 1.08. The molecule has 9 heteroatoms. The highest BCUT2D eigenvalue weighted by molar-refractivity contribution is 7.91. The number of nitrogens with one attached hydrogen (secondary N) is 3. The predicted octanol–water partition coefficient (Wildman–Crippen LogP) is 1.01. The van der Waals surface area contributed by atoms with Gasteiger partial charge in [-0.25, -0.2) is 13.4 Å². The molecule has 0 saturated carbocycles. The largest absolute Gasteiger partial charge is 0.489 e. The first-order valence-corrected chi connectivity index (χ1v) is 11.9. The third kappa shape index (κ3) is 8.31. The van der Waals surface area contributed by atoms with E-state index < -0.39 is 9.84 Å². The van der Waals surface area contributed by atoms with Crippen LogP contribution in [0, 0.1) is 6.92 Å². The number of hydrogen-bond donors (Lipinski definition) is 3. The van der Waals surface area contributed by atoms with Crippen LogP contribution in [0.1, 0.15) is 32.3 Å². The summed E-state index contributed by atoms with van der Waals surface area (Å²) in [6, 6.07) is 7.58. The first-order chi connectivity index (χ1) is 13.8. The van der Waals surface area contributed by atoms with Gasteiger partial charge in [0, 0.05) is 25.6 Å². The Balaban J connectivity index is 1.75. The fraction of sp³-hybridized carbons (Fsp3) is 0.600. The number of aryl methyl sites for hydroxylation is 1. The van der Waals surface area contributed by atoms with Crippen LogP contribution in [-0.4, -0.2) is 63.6 Å². The number of carbonyl (C=O) groups excluding carboxylic acids is 1. The Bertz CT molecular complexity index is 810. The number of rotatable bonds is 9. The molecule has 0 spiro atoms. The summed E-state index contributed by atoms with van der Waals surface area (Å²) in [6.45, 7) is 7.51. The van der Waals surface area contributed by atoms with Gasteiger partial charge in [0.25, 0.3) is 0 Å². The zero-order chi connectivity index (χ0) is 21.3. The number of sulfone groups is 1. The van der Waals surface area contributed by atoms with Gasteiger partial charge in [-0.3, -0.25) is 4.79 Å². The highest BCUT2D eigenvalue weighted by Crippen LogP contribution is 2.17. The van der Waals surface area contributed by atoms with Crippen molar-refractivity contribution in [3.8, 4) is 5.75 Å². The highest BCUT2D eigenvalue weighted by Gasteiger charge is 2.28. The van der Waals surface area contributed by atoms with Crippen LogP contribution < -0.4 is 20.7 Å². The van der Waals surface area contributed by atoms with E-state index in [0.717, 1.165) is 11.3 Å². The lowest BCUT2D eigenvalue weighted by Crippen LogP contribution is -2.41. The summed E-state index contributed by atoms with van der Waals surface area (Å²) in [6.07, 6.45) is 0.639. The van der Waals surface area contributed by atoms with Crippen LogP contribution in [0.2, 0.25) is 0 Å². The summed E-state index contributed by atoms with van der Waals surface area (Å²) in [7, 11) is -2.99. The van der Waals surface area contributed by atoms with E-state index in [1.54, 1.807) is 0 Å². The Hall–Kier alpha value is -2.29. The van der Waals surface area contributed by atoms with Crippen molar-refractivity contribution in [3.63, 3.8) is 0 Å². The molecular weight excluding hydrogens is 392 g/mol. The summed E-state index contributed by atoms with van der Waals surface area (Å²) in [5, 5.41) is 9.06. The normalized spacial score (nSPS) is 19.4. The van der Waals surface area contributed by atoms with Gasteiger partial charge in [0.1, 0.15) is 11.9 Å². The summed E-state index contributed by atoms with van der Waals surface area (Å²) in [4.78, 5) is 16.5. The average Bonchev–Trinajstić information content (AvgIpc) is 3.00. The third-order valence-electron chi connectivity index (χ3n) is 4.51. The summed E-state index contributed by atoms with van der Waals surface area (Å²) < 4.78 is 28.9. The van der Waals surface area contributed by atoms with E-state index in [4.69, 9.17) is 4.74 Å². The second kappa shape index (κ2) is 11.0. The fourth-order valence-corrected chi connectivity index (χ4v) is 4.68. The van der Waals surface area contributed by atoms with E-state index in [2.05, 4.69) is 20.9 Å². The van der Waals surface area contributed by atoms with Crippen molar-refractivity contribution < 1.29 is 17.9 Å². The predicted molar refractivity (Wildman–Crippen MR) is 115 cm³/mol. The van der Waals surface area contributed by atoms with Crippen molar-refractivity contribution >= 4 is 21.7 Å². The molecule has 1 amide bonds. The standard InChI is InChI=1S/C20H32N4O4S/c1-4-21-20(23-13-16(3)28-18-8-6-5-7-15(18)2)22-11-9-19(25)24-17-10-12-29(26,27)14-17/h5-8,16-17H,4,9-14H2,1-3H3,(H,24,25)(H2,21,22,23). The number of amides is 1. The smallest absolute Gasteiger partial charge is 0.222 e. The zero-order valence-corrected chi connectivity index (χ0v) is 18.2. The Morgan fingerprint density at radius 1 is 1.31 bits per heavy atom. The van der Waals surface area contributed by atoms with Crippen LogP contribution >= 0.6 is 0 Å². The maximum Gasteiger partial charge on any atom is 0.222 e. The van der Waals surface area contributed by atoms with Gasteiger partial charge in [0.2, 0.25) is 5.91 Å². The molecule has 2 atom stereocenters. The Morgan fingerprint density at radius 3 is 2.72 bits per heavy atom. The van der Waals surface area contributed by atoms with Crippen molar-refractivity contribution in [1.82, 2.24) is 16.0 Å². The Labute approximate surface area is 173 Å². The summed E-state index contributed by atoms with van der Waals surface area (Å²) >= 11 is 0. The molecule has 1 heterocycles. The van der Waals surface area contributed by atoms with Crippen LogP contribution in [0.15, 0.2) is 29.3 Å². The van der Waals surface area contributed by atoms with E-state index >= 15 is 0 Å². The Kier molecular flexibility index (Phi) is 8.75. The lowest BCUT2D eigenvalue weighted by Gasteiger charge is -2.16. The van der Waals surface area contributed by atoms with Crippen LogP contribution in [0.5, 0.6) is 5.75 Å². The third-order valence-corrected chi connectivity index (χ3v) is 6.28. The minimum atomic E-state index is -2.99. The average molecular weight is 425 g/mol. The van der Waals surface area contributed by atoms with Gasteiger partial charge in [0.05, 0.1) is 18.1 Å². The van der Waals surface area contributed by atoms with Gasteiger partial charge in [-0.05, 0) is 38.8 Å². The van der Waals surface area contributed by atoms with Crippen molar-refractivity contribution in [1.29, 1.82) is 0 Å². The number of carbonyl (C=O) groups is 1. The lowest BCUT2D eigenvalue weighted by atomic mass is 10.2. The molecule has 1 aliphatic heterocycles. The first kappa shape index (κ1) is 23.0. The van der Waals surface area contributed by atoms with Crippen LogP contribution in [0.4, 0.5) is 0 Å². The molecule has 0 aromatic heterocycles. The molecule has 0 aliphatic carbocycles. The van der Waals surface area contributed by atoms with Gasteiger partial charge in [-0.2, -0.15) is 0 Å². The van der Waals surface area contributed by atoms with Gasteiger partial charge in [-0.15, -0.1) is 0 Å². The zero-order valence-electron chi connectivity index (χ0n) is 17.4. The molecule has 1 saturated heterocycles. The van der Waals surface area contributed by atoms with Gasteiger partial charge < -0.3 is 20.7 Å². The number of nitrogens with zero attached hydrogens (tertiary/aromatic N) is 1. The number of benzene rings is 1. The number of ether oxygens (including phenoxy) is 1. The Morgan fingerprint density at radius 2 is 2.07 bits per heavy atom. The van der Waals surface area contributed by atoms with Crippen LogP contribution in [0.3, 0.4) is 0 Å². The molecule has 2 rings (SSSR count). The molecule has 1 aliphatic rings. The lowest BCUT2D eigenvalue weighted by molar-refractivity contribution is -0.121. The van der Waals surface area contributed by atoms with Crippen molar-refractivity contribution in [2.45, 2.75) is 45.8 Å². The highest BCUT2D eigenvalue weighted by atomic mass is 32.2. The van der Waals surface area contributed by atoms with E-state index in [0.29, 0.717) is 32.0 Å². The number of guanidine groups is 1. The molecule has 1 aromatic carbocycles. The SMILES string of the molecule is CCNC(=NCC(C)Oc1ccccc1C)NCCC(=O)NC1CCS(=O)(=O)C1. The molecule has 29 heavy (non-hydrogen) atoms. The second-order valence-corrected chi connectivity index (χ2v) is 9.49. The number of hydrogen-bond acceptors (Lipinski definition) is 5. The molecular formula is C20H32N4O4S. The molecule has 162 valence electrons. The molecule has 3 N–H and O–H groups in total. The van der Waals surface area contributed by atoms with Gasteiger partial charge in [-0.1, -0.05) is 18.2 Å². The number of para-hydroxylation sites is 1. The molecule has 8 nitrogen and oxygen atoms in total.